The van der Waals surface area contributed by atoms with Gasteiger partial charge in [0.05, 0.1) is 18.7 Å². The molecule has 0 aromatic heterocycles. The summed E-state index contributed by atoms with van der Waals surface area (Å²) in [5.41, 5.74) is 6.13. The van der Waals surface area contributed by atoms with E-state index in [1.54, 1.807) is 48.5 Å². The van der Waals surface area contributed by atoms with Gasteiger partial charge in [-0.05, 0) is 56.1 Å². The maximum atomic E-state index is 13.0. The van der Waals surface area contributed by atoms with Gasteiger partial charge in [-0.1, -0.05) is 12.1 Å². The number of nitrogens with zero attached hydrogens (tertiary/aromatic N) is 2. The van der Waals surface area contributed by atoms with Crippen LogP contribution in [0.2, 0.25) is 0 Å². The van der Waals surface area contributed by atoms with Crippen molar-refractivity contribution in [3.05, 3.63) is 65.2 Å². The Labute approximate surface area is 192 Å². The quantitative estimate of drug-likeness (QED) is 0.335. The summed E-state index contributed by atoms with van der Waals surface area (Å²) in [6.45, 7) is 0.561. The fraction of sp³-hybridized carbons (Fsp3) is 0.292. The number of hydrogen-bond donors (Lipinski definition) is 2. The van der Waals surface area contributed by atoms with Crippen molar-refractivity contribution in [3.63, 3.8) is 0 Å². The number of primary amides is 1. The van der Waals surface area contributed by atoms with Gasteiger partial charge in [0.1, 0.15) is 17.3 Å². The van der Waals surface area contributed by atoms with Crippen LogP contribution in [0.25, 0.3) is 5.76 Å². The maximum Gasteiger partial charge on any atom is 0.295 e. The number of carbonyl (C=O) groups excluding carboxylic acids is 3. The molecule has 1 unspecified atom stereocenters. The Morgan fingerprint density at radius 2 is 1.67 bits per heavy atom. The van der Waals surface area contributed by atoms with E-state index in [4.69, 9.17) is 15.2 Å². The van der Waals surface area contributed by atoms with Gasteiger partial charge >= 0.3 is 0 Å². The molecule has 2 aromatic carbocycles. The fourth-order valence-electron chi connectivity index (χ4n) is 3.57. The summed E-state index contributed by atoms with van der Waals surface area (Å²) >= 11 is 0. The molecule has 3 N–H and O–H groups in total. The summed E-state index contributed by atoms with van der Waals surface area (Å²) < 4.78 is 10.4. The number of ether oxygens (including phenoxy) is 2. The maximum absolute atomic E-state index is 13.0. The minimum absolute atomic E-state index is 0.00901. The minimum atomic E-state index is -0.780. The first-order valence-electron chi connectivity index (χ1n) is 10.3. The number of Topliss-reactive ketones (excluding diaryl/α,β-unsaturated/α-hetero) is 1. The van der Waals surface area contributed by atoms with E-state index < -0.39 is 23.6 Å². The van der Waals surface area contributed by atoms with E-state index in [1.807, 2.05) is 19.0 Å². The predicted molar refractivity (Wildman–Crippen MR) is 122 cm³/mol. The van der Waals surface area contributed by atoms with E-state index in [1.165, 1.54) is 12.0 Å². The van der Waals surface area contributed by atoms with E-state index in [0.717, 1.165) is 0 Å². The standard InChI is InChI=1S/C24H27N3O6/c1-26(2)12-13-27-21(15-4-10-18(11-5-15)33-14-19(25)28)20(23(30)24(27)31)22(29)16-6-8-17(32-3)9-7-16/h4-11,21,29H,12-14H2,1-3H3,(H2,25,28)/b22-20+. The molecule has 2 amide bonds. The van der Waals surface area contributed by atoms with Gasteiger partial charge < -0.3 is 30.1 Å². The van der Waals surface area contributed by atoms with Crippen LogP contribution in [0.15, 0.2) is 54.1 Å². The molecule has 33 heavy (non-hydrogen) atoms. The summed E-state index contributed by atoms with van der Waals surface area (Å²) in [7, 11) is 5.27. The minimum Gasteiger partial charge on any atom is -0.507 e. The molecule has 174 valence electrons. The lowest BCUT2D eigenvalue weighted by atomic mass is 9.95. The molecule has 0 radical (unpaired) electrons. The number of amides is 2. The average Bonchev–Trinajstić information content (AvgIpc) is 3.06. The number of ketones is 1. The molecular weight excluding hydrogens is 426 g/mol. The lowest BCUT2D eigenvalue weighted by Crippen LogP contribution is -2.35. The number of hydrogen-bond acceptors (Lipinski definition) is 7. The van der Waals surface area contributed by atoms with E-state index in [9.17, 15) is 19.5 Å². The topological polar surface area (TPSA) is 122 Å². The van der Waals surface area contributed by atoms with Crippen LogP contribution in [0.4, 0.5) is 0 Å². The molecule has 1 heterocycles. The van der Waals surface area contributed by atoms with Gasteiger partial charge in [0, 0.05) is 18.7 Å². The molecule has 1 aliphatic rings. The van der Waals surface area contributed by atoms with Crippen LogP contribution in [0.1, 0.15) is 17.2 Å². The molecule has 1 saturated heterocycles. The van der Waals surface area contributed by atoms with Crippen molar-refractivity contribution in [2.24, 2.45) is 5.73 Å². The van der Waals surface area contributed by atoms with E-state index in [2.05, 4.69) is 0 Å². The summed E-state index contributed by atoms with van der Waals surface area (Å²) in [5, 5.41) is 11.1. The normalized spacial score (nSPS) is 17.5. The lowest BCUT2D eigenvalue weighted by Gasteiger charge is -2.26. The van der Waals surface area contributed by atoms with Crippen molar-refractivity contribution < 1.29 is 29.0 Å². The highest BCUT2D eigenvalue weighted by Gasteiger charge is 2.45. The van der Waals surface area contributed by atoms with Gasteiger partial charge in [0.2, 0.25) is 0 Å². The van der Waals surface area contributed by atoms with Gasteiger partial charge in [0.15, 0.2) is 6.61 Å². The zero-order valence-electron chi connectivity index (χ0n) is 18.8. The highest BCUT2D eigenvalue weighted by Crippen LogP contribution is 2.39. The van der Waals surface area contributed by atoms with Crippen molar-refractivity contribution in [2.75, 3.05) is 40.9 Å². The van der Waals surface area contributed by atoms with Crippen molar-refractivity contribution in [1.82, 2.24) is 9.80 Å². The fourth-order valence-corrected chi connectivity index (χ4v) is 3.57. The Morgan fingerprint density at radius 3 is 2.21 bits per heavy atom. The molecule has 1 atom stereocenters. The number of carbonyl (C=O) groups is 3. The lowest BCUT2D eigenvalue weighted by molar-refractivity contribution is -0.140. The molecule has 0 aliphatic carbocycles. The second-order valence-electron chi connectivity index (χ2n) is 7.85. The average molecular weight is 453 g/mol. The third kappa shape index (κ3) is 5.32. The predicted octanol–water partition coefficient (Wildman–Crippen LogP) is 1.54. The van der Waals surface area contributed by atoms with Crippen molar-refractivity contribution in [2.45, 2.75) is 6.04 Å². The van der Waals surface area contributed by atoms with Gasteiger partial charge in [0.25, 0.3) is 17.6 Å². The van der Waals surface area contributed by atoms with Crippen LogP contribution in [-0.2, 0) is 14.4 Å². The molecule has 0 spiro atoms. The highest BCUT2D eigenvalue weighted by molar-refractivity contribution is 6.46. The largest absolute Gasteiger partial charge is 0.507 e. The molecule has 0 saturated carbocycles. The van der Waals surface area contributed by atoms with Crippen molar-refractivity contribution >= 4 is 23.4 Å². The van der Waals surface area contributed by atoms with Crippen LogP contribution >= 0.6 is 0 Å². The van der Waals surface area contributed by atoms with Gasteiger partial charge in [-0.15, -0.1) is 0 Å². The Morgan fingerprint density at radius 1 is 1.06 bits per heavy atom. The number of nitrogens with two attached hydrogens (primary N) is 1. The first-order valence-corrected chi connectivity index (χ1v) is 10.3. The number of rotatable bonds is 9. The third-order valence-electron chi connectivity index (χ3n) is 5.27. The van der Waals surface area contributed by atoms with Crippen LogP contribution < -0.4 is 15.2 Å². The van der Waals surface area contributed by atoms with Crippen LogP contribution in [0.5, 0.6) is 11.5 Å². The zero-order chi connectivity index (χ0) is 24.1. The smallest absolute Gasteiger partial charge is 0.295 e. The van der Waals surface area contributed by atoms with Crippen molar-refractivity contribution in [1.29, 1.82) is 0 Å². The van der Waals surface area contributed by atoms with Gasteiger partial charge in [-0.2, -0.15) is 0 Å². The van der Waals surface area contributed by atoms with E-state index >= 15 is 0 Å². The number of aliphatic hydroxyl groups excluding tert-OH is 1. The second kappa shape index (κ2) is 10.2. The summed E-state index contributed by atoms with van der Waals surface area (Å²) in [6.07, 6.45) is 0. The molecule has 0 bridgehead atoms. The van der Waals surface area contributed by atoms with Crippen LogP contribution in [0.3, 0.4) is 0 Å². The zero-order valence-corrected chi connectivity index (χ0v) is 18.8. The Kier molecular flexibility index (Phi) is 7.34. The second-order valence-corrected chi connectivity index (χ2v) is 7.85. The molecular formula is C24H27N3O6. The van der Waals surface area contributed by atoms with E-state index in [-0.39, 0.29) is 17.9 Å². The molecule has 1 aliphatic heterocycles. The number of methoxy groups -OCH3 is 1. The summed E-state index contributed by atoms with van der Waals surface area (Å²) in [6, 6.07) is 12.4. The van der Waals surface area contributed by atoms with Crippen LogP contribution in [-0.4, -0.2) is 73.4 Å². The Bertz CT molecular complexity index is 1060. The number of benzene rings is 2. The number of likely N-dealkylation sites (tertiary alicyclic amines) is 1. The van der Waals surface area contributed by atoms with E-state index in [0.29, 0.717) is 35.7 Å². The van der Waals surface area contributed by atoms with Crippen LogP contribution in [0, 0.1) is 0 Å². The molecule has 3 rings (SSSR count). The van der Waals surface area contributed by atoms with Gasteiger partial charge in [-0.3, -0.25) is 14.4 Å². The monoisotopic (exact) mass is 453 g/mol. The van der Waals surface area contributed by atoms with Crippen molar-refractivity contribution in [3.8, 4) is 11.5 Å². The number of aliphatic hydroxyl groups is 1. The molecule has 1 fully saturated rings. The highest BCUT2D eigenvalue weighted by atomic mass is 16.5. The first-order chi connectivity index (χ1) is 15.7. The molecule has 9 nitrogen and oxygen atoms in total. The summed E-state index contributed by atoms with van der Waals surface area (Å²) in [4.78, 5) is 40.2. The Hall–Kier alpha value is -3.85. The summed E-state index contributed by atoms with van der Waals surface area (Å²) in [5.74, 6) is -1.27. The molecule has 2 aromatic rings. The third-order valence-corrected chi connectivity index (χ3v) is 5.27. The molecule has 9 heteroatoms. The Balaban J connectivity index is 2.04. The van der Waals surface area contributed by atoms with Gasteiger partial charge in [-0.25, -0.2) is 0 Å². The number of likely N-dealkylation sites (N-methyl/N-ethyl adjacent to an activating group) is 1. The SMILES string of the molecule is COc1ccc(/C(O)=C2\C(=O)C(=O)N(CCN(C)C)C2c2ccc(OCC(N)=O)cc2)cc1. The first kappa shape index (κ1) is 23.8.